The Morgan fingerprint density at radius 2 is 1.38 bits per heavy atom. The van der Waals surface area contributed by atoms with Crippen LogP contribution in [0.1, 0.15) is 134 Å². The number of ether oxygens (including phenoxy) is 1. The van der Waals surface area contributed by atoms with Gasteiger partial charge in [-0.3, -0.25) is 0 Å². The monoisotopic (exact) mass is 564 g/mol. The minimum Gasteiger partial charge on any atom is -0.490 e. The molecule has 3 fully saturated rings. The fourth-order valence-electron chi connectivity index (χ4n) is 7.80. The summed E-state index contributed by atoms with van der Waals surface area (Å²) in [6.07, 6.45) is 19.2. The Hall–Kier alpha value is -1.52. The Bertz CT molecular complexity index is 914. The van der Waals surface area contributed by atoms with Crippen molar-refractivity contribution in [2.75, 3.05) is 6.61 Å². The molecule has 40 heavy (non-hydrogen) atoms. The molecule has 0 atom stereocenters. The van der Waals surface area contributed by atoms with Crippen LogP contribution in [0.3, 0.4) is 0 Å². The summed E-state index contributed by atoms with van der Waals surface area (Å²) in [6, 6.07) is 2.77. The van der Waals surface area contributed by atoms with Crippen LogP contribution in [0.4, 0.5) is 17.6 Å². The molecule has 0 N–H and O–H groups in total. The summed E-state index contributed by atoms with van der Waals surface area (Å²) >= 11 is 0. The normalized spacial score (nSPS) is 30.1. The summed E-state index contributed by atoms with van der Waals surface area (Å²) in [7, 11) is 0. The van der Waals surface area contributed by atoms with Crippen LogP contribution in [0, 0.1) is 41.3 Å². The molecule has 5 heteroatoms. The minimum absolute atomic E-state index is 0.0932. The van der Waals surface area contributed by atoms with Crippen molar-refractivity contribution < 1.29 is 22.3 Å². The first-order chi connectivity index (χ1) is 19.3. The van der Waals surface area contributed by atoms with Crippen LogP contribution in [-0.2, 0) is 6.18 Å². The highest BCUT2D eigenvalue weighted by molar-refractivity contribution is 5.57. The Labute approximate surface area is 240 Å². The molecule has 226 valence electrons. The van der Waals surface area contributed by atoms with Gasteiger partial charge in [0.2, 0.25) is 0 Å². The van der Waals surface area contributed by atoms with E-state index in [2.05, 4.69) is 13.8 Å². The maximum Gasteiger partial charge on any atom is 0.419 e. The summed E-state index contributed by atoms with van der Waals surface area (Å²) in [4.78, 5) is 0. The third-order valence-electron chi connectivity index (χ3n) is 10.6. The zero-order valence-corrected chi connectivity index (χ0v) is 24.9. The van der Waals surface area contributed by atoms with Gasteiger partial charge in [-0.05, 0) is 98.5 Å². The van der Waals surface area contributed by atoms with E-state index in [1.807, 2.05) is 6.08 Å². The number of benzene rings is 1. The quantitative estimate of drug-likeness (QED) is 0.192. The maximum atomic E-state index is 15.2. The van der Waals surface area contributed by atoms with E-state index in [4.69, 9.17) is 4.74 Å². The van der Waals surface area contributed by atoms with E-state index >= 15 is 4.39 Å². The van der Waals surface area contributed by atoms with Crippen LogP contribution in [0.25, 0.3) is 6.08 Å². The van der Waals surface area contributed by atoms with Crippen molar-refractivity contribution in [1.29, 1.82) is 0 Å². The first-order valence-corrected chi connectivity index (χ1v) is 16.5. The lowest BCUT2D eigenvalue weighted by molar-refractivity contribution is -0.140. The van der Waals surface area contributed by atoms with Crippen LogP contribution in [0.2, 0.25) is 0 Å². The van der Waals surface area contributed by atoms with Gasteiger partial charge < -0.3 is 4.74 Å². The molecular formula is C35H52F4O. The predicted octanol–water partition coefficient (Wildman–Crippen LogP) is 11.6. The van der Waals surface area contributed by atoms with Gasteiger partial charge in [0.1, 0.15) is 5.56 Å². The van der Waals surface area contributed by atoms with E-state index in [0.717, 1.165) is 81.5 Å². The lowest BCUT2D eigenvalue weighted by Crippen LogP contribution is -2.25. The van der Waals surface area contributed by atoms with Gasteiger partial charge in [-0.2, -0.15) is 13.2 Å². The molecule has 0 aromatic heterocycles. The molecule has 1 aromatic rings. The molecule has 0 heterocycles. The van der Waals surface area contributed by atoms with Gasteiger partial charge in [0, 0.05) is 0 Å². The molecule has 0 amide bonds. The van der Waals surface area contributed by atoms with Crippen LogP contribution in [0.5, 0.6) is 5.75 Å². The van der Waals surface area contributed by atoms with E-state index in [0.29, 0.717) is 0 Å². The minimum atomic E-state index is -4.77. The van der Waals surface area contributed by atoms with Crippen molar-refractivity contribution >= 4 is 6.08 Å². The van der Waals surface area contributed by atoms with Crippen molar-refractivity contribution in [2.24, 2.45) is 35.5 Å². The van der Waals surface area contributed by atoms with Crippen molar-refractivity contribution in [3.8, 4) is 5.75 Å². The van der Waals surface area contributed by atoms with Crippen LogP contribution < -0.4 is 4.74 Å². The Balaban J connectivity index is 1.29. The SMILES string of the molecule is CCCCCC1CCC(C2CCC(C=Cc3ccc(OCC4CCC(CC)CC4)c(F)c3C(F)(F)F)CC2)CC1. The number of halogens is 4. The van der Waals surface area contributed by atoms with Crippen molar-refractivity contribution in [3.63, 3.8) is 0 Å². The lowest BCUT2D eigenvalue weighted by atomic mass is 9.68. The second-order valence-corrected chi connectivity index (χ2v) is 13.3. The first-order valence-electron chi connectivity index (χ1n) is 16.5. The van der Waals surface area contributed by atoms with E-state index in [9.17, 15) is 13.2 Å². The fourth-order valence-corrected chi connectivity index (χ4v) is 7.80. The van der Waals surface area contributed by atoms with Crippen molar-refractivity contribution in [2.45, 2.75) is 129 Å². The van der Waals surface area contributed by atoms with Crippen LogP contribution in [-0.4, -0.2) is 6.61 Å². The zero-order valence-electron chi connectivity index (χ0n) is 24.9. The molecule has 0 aliphatic heterocycles. The summed E-state index contributed by atoms with van der Waals surface area (Å²) in [5.74, 6) is 2.24. The van der Waals surface area contributed by atoms with Gasteiger partial charge in [0.15, 0.2) is 11.6 Å². The molecule has 0 spiro atoms. The second kappa shape index (κ2) is 15.1. The first kappa shape index (κ1) is 31.4. The highest BCUT2D eigenvalue weighted by Gasteiger charge is 2.38. The Morgan fingerprint density at radius 1 is 0.775 bits per heavy atom. The third kappa shape index (κ3) is 8.74. The predicted molar refractivity (Wildman–Crippen MR) is 157 cm³/mol. The number of rotatable bonds is 11. The molecule has 0 radical (unpaired) electrons. The molecule has 3 aliphatic carbocycles. The number of alkyl halides is 3. The van der Waals surface area contributed by atoms with Gasteiger partial charge in [0.25, 0.3) is 0 Å². The third-order valence-corrected chi connectivity index (χ3v) is 10.6. The highest BCUT2D eigenvalue weighted by atomic mass is 19.4. The standard InChI is InChI=1S/C35H52F4O/c1-3-5-6-7-26-12-17-29(18-13-26)30-19-14-27(15-20-30)16-21-31-22-23-32(34(36)33(31)35(37,38)39)40-24-28-10-8-25(4-2)9-11-28/h16,21-23,25-30H,3-15,17-20,24H2,1-2H3. The molecule has 0 bridgehead atoms. The van der Waals surface area contributed by atoms with Gasteiger partial charge in [-0.15, -0.1) is 0 Å². The molecule has 3 aliphatic rings. The second-order valence-electron chi connectivity index (χ2n) is 13.3. The average molecular weight is 565 g/mol. The molecule has 0 unspecified atom stereocenters. The van der Waals surface area contributed by atoms with Gasteiger partial charge in [-0.1, -0.05) is 89.9 Å². The van der Waals surface area contributed by atoms with E-state index < -0.39 is 17.6 Å². The number of hydrogen-bond acceptors (Lipinski definition) is 1. The topological polar surface area (TPSA) is 9.23 Å². The summed E-state index contributed by atoms with van der Waals surface area (Å²) in [5, 5.41) is 0. The van der Waals surface area contributed by atoms with E-state index in [1.165, 1.54) is 69.6 Å². The largest absolute Gasteiger partial charge is 0.490 e. The van der Waals surface area contributed by atoms with Gasteiger partial charge in [-0.25, -0.2) is 4.39 Å². The Kier molecular flexibility index (Phi) is 11.9. The van der Waals surface area contributed by atoms with Crippen LogP contribution in [0.15, 0.2) is 18.2 Å². The van der Waals surface area contributed by atoms with Crippen LogP contribution >= 0.6 is 0 Å². The summed E-state index contributed by atoms with van der Waals surface area (Å²) in [6.45, 7) is 4.74. The molecule has 1 nitrogen and oxygen atoms in total. The molecule has 3 saturated carbocycles. The average Bonchev–Trinajstić information content (AvgIpc) is 2.96. The smallest absolute Gasteiger partial charge is 0.419 e. The van der Waals surface area contributed by atoms with E-state index in [-0.39, 0.29) is 29.8 Å². The van der Waals surface area contributed by atoms with E-state index in [1.54, 1.807) is 0 Å². The molecule has 0 saturated heterocycles. The number of hydrogen-bond donors (Lipinski definition) is 0. The Morgan fingerprint density at radius 3 is 1.98 bits per heavy atom. The molecule has 1 aromatic carbocycles. The number of unbranched alkanes of at least 4 members (excludes halogenated alkanes) is 2. The van der Waals surface area contributed by atoms with Gasteiger partial charge >= 0.3 is 6.18 Å². The summed E-state index contributed by atoms with van der Waals surface area (Å²) in [5.41, 5.74) is -1.29. The van der Waals surface area contributed by atoms with Gasteiger partial charge in [0.05, 0.1) is 6.61 Å². The molecule has 4 rings (SSSR count). The fraction of sp³-hybridized carbons (Fsp3) is 0.771. The molecular weight excluding hydrogens is 512 g/mol. The van der Waals surface area contributed by atoms with Crippen molar-refractivity contribution in [1.82, 2.24) is 0 Å². The maximum absolute atomic E-state index is 15.2. The number of allylic oxidation sites excluding steroid dienone is 1. The lowest BCUT2D eigenvalue weighted by Gasteiger charge is -2.37. The van der Waals surface area contributed by atoms with Crippen molar-refractivity contribution in [3.05, 3.63) is 35.2 Å². The zero-order chi connectivity index (χ0) is 28.5. The summed E-state index contributed by atoms with van der Waals surface area (Å²) < 4.78 is 62.7. The highest BCUT2D eigenvalue weighted by Crippen LogP contribution is 2.43.